The normalized spacial score (nSPS) is 9.67. The number of rotatable bonds is 2. The lowest BCUT2D eigenvalue weighted by atomic mass is 10.0. The summed E-state index contributed by atoms with van der Waals surface area (Å²) in [4.78, 5) is 16.5. The number of anilines is 1. The Morgan fingerprint density at radius 2 is 2.14 bits per heavy atom. The van der Waals surface area contributed by atoms with Crippen LogP contribution in [0.4, 0.5) is 5.69 Å². The van der Waals surface area contributed by atoms with Crippen LogP contribution >= 0.6 is 0 Å². The van der Waals surface area contributed by atoms with Gasteiger partial charge in [-0.2, -0.15) is 0 Å². The van der Waals surface area contributed by atoms with Gasteiger partial charge in [0.25, 0.3) is 5.91 Å². The summed E-state index contributed by atoms with van der Waals surface area (Å²) in [6.07, 6.45) is 1.68. The molecule has 0 aliphatic carbocycles. The highest BCUT2D eigenvalue weighted by Gasteiger charge is 2.11. The Morgan fingerprint density at radius 3 is 2.86 bits per heavy atom. The van der Waals surface area contributed by atoms with E-state index < -0.39 is 0 Å². The lowest BCUT2D eigenvalue weighted by Gasteiger charge is -2.09. The number of aliphatic hydroxyl groups is 1. The summed E-state index contributed by atoms with van der Waals surface area (Å²) in [5.41, 5.74) is 3.57. The molecule has 4 nitrogen and oxygen atoms in total. The summed E-state index contributed by atoms with van der Waals surface area (Å²) < 4.78 is 0. The molecular formula is C17H16N2O2. The minimum Gasteiger partial charge on any atom is -0.384 e. The predicted octanol–water partition coefficient (Wildman–Crippen LogP) is 2.29. The second-order valence-corrected chi connectivity index (χ2v) is 4.58. The number of carbonyl (C=O) groups excluding carboxylic acids is 1. The van der Waals surface area contributed by atoms with Crippen molar-refractivity contribution in [1.29, 1.82) is 0 Å². The Hall–Kier alpha value is -2.64. The van der Waals surface area contributed by atoms with Crippen molar-refractivity contribution in [3.8, 4) is 11.8 Å². The van der Waals surface area contributed by atoms with Crippen LogP contribution in [0.5, 0.6) is 0 Å². The predicted molar refractivity (Wildman–Crippen MR) is 82.1 cm³/mol. The van der Waals surface area contributed by atoms with E-state index in [-0.39, 0.29) is 12.5 Å². The average molecular weight is 280 g/mol. The van der Waals surface area contributed by atoms with E-state index in [2.05, 4.69) is 22.1 Å². The summed E-state index contributed by atoms with van der Waals surface area (Å²) in [5.74, 6) is 5.17. The van der Waals surface area contributed by atoms with Crippen LogP contribution in [-0.2, 0) is 0 Å². The van der Waals surface area contributed by atoms with Crippen molar-refractivity contribution in [2.45, 2.75) is 13.8 Å². The molecule has 1 aromatic heterocycles. The van der Waals surface area contributed by atoms with E-state index in [9.17, 15) is 4.79 Å². The van der Waals surface area contributed by atoms with E-state index in [1.807, 2.05) is 32.0 Å². The molecule has 1 heterocycles. The molecular weight excluding hydrogens is 264 g/mol. The van der Waals surface area contributed by atoms with Crippen molar-refractivity contribution in [3.05, 3.63) is 58.9 Å². The van der Waals surface area contributed by atoms with Gasteiger partial charge in [0, 0.05) is 17.3 Å². The number of benzene rings is 1. The number of hydrogen-bond donors (Lipinski definition) is 2. The first-order valence-electron chi connectivity index (χ1n) is 6.55. The largest absolute Gasteiger partial charge is 0.384 e. The first kappa shape index (κ1) is 14.8. The van der Waals surface area contributed by atoms with E-state index in [1.165, 1.54) is 0 Å². The van der Waals surface area contributed by atoms with Gasteiger partial charge in [0.2, 0.25) is 0 Å². The first-order valence-corrected chi connectivity index (χ1v) is 6.55. The van der Waals surface area contributed by atoms with Crippen LogP contribution in [0.1, 0.15) is 27.2 Å². The quantitative estimate of drug-likeness (QED) is 0.830. The van der Waals surface area contributed by atoms with Crippen molar-refractivity contribution in [1.82, 2.24) is 4.98 Å². The number of pyridine rings is 1. The van der Waals surface area contributed by atoms with Crippen LogP contribution < -0.4 is 5.32 Å². The Balaban J connectivity index is 2.28. The summed E-state index contributed by atoms with van der Waals surface area (Å²) >= 11 is 0. The number of aromatic nitrogens is 1. The number of nitrogens with one attached hydrogen (secondary N) is 1. The van der Waals surface area contributed by atoms with Gasteiger partial charge in [-0.3, -0.25) is 9.78 Å². The topological polar surface area (TPSA) is 62.2 Å². The maximum Gasteiger partial charge on any atom is 0.256 e. The van der Waals surface area contributed by atoms with Gasteiger partial charge in [-0.15, -0.1) is 0 Å². The Bertz CT molecular complexity index is 727. The van der Waals surface area contributed by atoms with Crippen LogP contribution in [-0.4, -0.2) is 22.6 Å². The van der Waals surface area contributed by atoms with Crippen LogP contribution in [0.25, 0.3) is 0 Å². The molecule has 0 atom stereocenters. The zero-order valence-electron chi connectivity index (χ0n) is 12.0. The van der Waals surface area contributed by atoms with E-state index in [4.69, 9.17) is 5.11 Å². The fourth-order valence-corrected chi connectivity index (χ4v) is 1.89. The van der Waals surface area contributed by atoms with E-state index in [1.54, 1.807) is 18.3 Å². The maximum atomic E-state index is 12.4. The fraction of sp³-hybridized carbons (Fsp3) is 0.176. The Labute approximate surface area is 123 Å². The van der Waals surface area contributed by atoms with Crippen molar-refractivity contribution in [2.24, 2.45) is 0 Å². The van der Waals surface area contributed by atoms with E-state index in [0.717, 1.165) is 11.3 Å². The SMILES string of the molecule is Cc1ccc(C#CCO)cc1C(=O)Nc1cccnc1C. The molecule has 1 amide bonds. The second-order valence-electron chi connectivity index (χ2n) is 4.58. The van der Waals surface area contributed by atoms with E-state index >= 15 is 0 Å². The molecule has 2 N–H and O–H groups in total. The van der Waals surface area contributed by atoms with Gasteiger partial charge in [-0.25, -0.2) is 0 Å². The zero-order chi connectivity index (χ0) is 15.2. The zero-order valence-corrected chi connectivity index (χ0v) is 12.0. The van der Waals surface area contributed by atoms with Crippen LogP contribution in [0, 0.1) is 25.7 Å². The van der Waals surface area contributed by atoms with Gasteiger partial charge >= 0.3 is 0 Å². The molecule has 0 saturated heterocycles. The van der Waals surface area contributed by atoms with Crippen molar-refractivity contribution in [2.75, 3.05) is 11.9 Å². The minimum atomic E-state index is -0.204. The molecule has 2 aromatic rings. The lowest BCUT2D eigenvalue weighted by molar-refractivity contribution is 0.102. The van der Waals surface area contributed by atoms with Gasteiger partial charge in [0.15, 0.2) is 0 Å². The van der Waals surface area contributed by atoms with Gasteiger partial charge < -0.3 is 10.4 Å². The fourth-order valence-electron chi connectivity index (χ4n) is 1.89. The molecule has 0 spiro atoms. The molecule has 4 heteroatoms. The molecule has 0 bridgehead atoms. The van der Waals surface area contributed by atoms with Crippen LogP contribution in [0.2, 0.25) is 0 Å². The third kappa shape index (κ3) is 3.68. The number of amides is 1. The highest BCUT2D eigenvalue weighted by molar-refractivity contribution is 6.05. The molecule has 0 aliphatic heterocycles. The van der Waals surface area contributed by atoms with Crippen molar-refractivity contribution >= 4 is 11.6 Å². The van der Waals surface area contributed by atoms with E-state index in [0.29, 0.717) is 16.8 Å². The smallest absolute Gasteiger partial charge is 0.256 e. The van der Waals surface area contributed by atoms with Gasteiger partial charge in [0.05, 0.1) is 11.4 Å². The second kappa shape index (κ2) is 6.69. The molecule has 2 rings (SSSR count). The molecule has 0 saturated carbocycles. The highest BCUT2D eigenvalue weighted by atomic mass is 16.2. The summed E-state index contributed by atoms with van der Waals surface area (Å²) in [7, 11) is 0. The molecule has 0 unspecified atom stereocenters. The highest BCUT2D eigenvalue weighted by Crippen LogP contribution is 2.15. The minimum absolute atomic E-state index is 0.198. The van der Waals surface area contributed by atoms with Crippen LogP contribution in [0.15, 0.2) is 36.5 Å². The molecule has 0 aliphatic rings. The standard InChI is InChI=1S/C17H16N2O2/c1-12-7-8-14(5-4-10-20)11-15(12)17(21)19-16-6-3-9-18-13(16)2/h3,6-9,11,20H,10H2,1-2H3,(H,19,21). The lowest BCUT2D eigenvalue weighted by Crippen LogP contribution is -2.14. The number of aryl methyl sites for hydroxylation is 2. The number of hydrogen-bond acceptors (Lipinski definition) is 3. The molecule has 0 fully saturated rings. The van der Waals surface area contributed by atoms with Gasteiger partial charge in [0.1, 0.15) is 6.61 Å². The number of carbonyl (C=O) groups is 1. The van der Waals surface area contributed by atoms with Crippen molar-refractivity contribution in [3.63, 3.8) is 0 Å². The summed E-state index contributed by atoms with van der Waals surface area (Å²) in [6, 6.07) is 8.97. The van der Waals surface area contributed by atoms with Crippen molar-refractivity contribution < 1.29 is 9.90 Å². The molecule has 21 heavy (non-hydrogen) atoms. The summed E-state index contributed by atoms with van der Waals surface area (Å²) in [5, 5.41) is 11.6. The molecule has 106 valence electrons. The maximum absolute atomic E-state index is 12.4. The Morgan fingerprint density at radius 1 is 1.33 bits per heavy atom. The molecule has 1 aromatic carbocycles. The third-order valence-corrected chi connectivity index (χ3v) is 3.05. The number of aliphatic hydroxyl groups excluding tert-OH is 1. The summed E-state index contributed by atoms with van der Waals surface area (Å²) in [6.45, 7) is 3.50. The first-order chi connectivity index (χ1) is 10.1. The van der Waals surface area contributed by atoms with Gasteiger partial charge in [-0.05, 0) is 43.7 Å². The molecule has 0 radical (unpaired) electrons. The Kier molecular flexibility index (Phi) is 4.70. The monoisotopic (exact) mass is 280 g/mol. The van der Waals surface area contributed by atoms with Crippen LogP contribution in [0.3, 0.4) is 0 Å². The third-order valence-electron chi connectivity index (χ3n) is 3.05. The van der Waals surface area contributed by atoms with Gasteiger partial charge in [-0.1, -0.05) is 17.9 Å². The number of nitrogens with zero attached hydrogens (tertiary/aromatic N) is 1. The average Bonchev–Trinajstić information content (AvgIpc) is 2.48.